The van der Waals surface area contributed by atoms with E-state index in [1.165, 1.54) is 30.3 Å². The zero-order valence-electron chi connectivity index (χ0n) is 16.3. The van der Waals surface area contributed by atoms with Crippen LogP contribution in [-0.4, -0.2) is 20.7 Å². The Hall–Kier alpha value is -3.00. The number of carbonyl (C=O) groups excluding carboxylic acids is 1. The van der Waals surface area contributed by atoms with Crippen molar-refractivity contribution in [3.8, 4) is 17.1 Å². The first-order valence-electron chi connectivity index (χ1n) is 9.36. The molecule has 9 heteroatoms. The molecule has 0 spiro atoms. The first-order valence-corrected chi connectivity index (χ1v) is 9.74. The van der Waals surface area contributed by atoms with E-state index in [1.54, 1.807) is 13.8 Å². The third kappa shape index (κ3) is 3.75. The van der Waals surface area contributed by atoms with Crippen LogP contribution in [0, 0.1) is 11.6 Å². The molecule has 6 nitrogen and oxygen atoms in total. The number of hydrogen-bond acceptors (Lipinski definition) is 4. The van der Waals surface area contributed by atoms with Crippen LogP contribution in [0.3, 0.4) is 0 Å². The minimum Gasteiger partial charge on any atom is -0.477 e. The lowest BCUT2D eigenvalue weighted by Gasteiger charge is -2.27. The van der Waals surface area contributed by atoms with Gasteiger partial charge in [-0.3, -0.25) is 4.79 Å². The molecule has 1 heterocycles. The summed E-state index contributed by atoms with van der Waals surface area (Å²) in [6, 6.07) is 8.20. The van der Waals surface area contributed by atoms with E-state index in [1.807, 2.05) is 4.57 Å². The van der Waals surface area contributed by atoms with Gasteiger partial charge in [0.15, 0.2) is 28.8 Å². The molecular formula is C21H19ClF2N4O2. The van der Waals surface area contributed by atoms with Crippen molar-refractivity contribution >= 4 is 17.5 Å². The van der Waals surface area contributed by atoms with Gasteiger partial charge in [-0.05, 0) is 63.1 Å². The average Bonchev–Trinajstić information content (AvgIpc) is 3.41. The molecule has 0 radical (unpaired) electrons. The fourth-order valence-electron chi connectivity index (χ4n) is 3.29. The lowest BCUT2D eigenvalue weighted by atomic mass is 10.1. The number of aromatic nitrogens is 3. The lowest BCUT2D eigenvalue weighted by molar-refractivity contribution is 0.0882. The van der Waals surface area contributed by atoms with Crippen LogP contribution in [0.1, 0.15) is 48.9 Å². The summed E-state index contributed by atoms with van der Waals surface area (Å²) in [7, 11) is 0. The van der Waals surface area contributed by atoms with E-state index in [9.17, 15) is 13.6 Å². The second-order valence-corrected chi connectivity index (χ2v) is 8.13. The number of primary amides is 1. The SMILES string of the molecule is CC(C)(Oc1ccc(Cl)cc1F)c1nnc(-c2ccc(C(N)=O)cc2F)n1C1CC1. The molecule has 1 aromatic heterocycles. The van der Waals surface area contributed by atoms with Crippen LogP contribution in [-0.2, 0) is 5.60 Å². The quantitative estimate of drug-likeness (QED) is 0.615. The predicted molar refractivity (Wildman–Crippen MR) is 107 cm³/mol. The molecule has 0 bridgehead atoms. The third-order valence-corrected chi connectivity index (χ3v) is 5.13. The largest absolute Gasteiger partial charge is 0.477 e. The maximum Gasteiger partial charge on any atom is 0.248 e. The zero-order chi connectivity index (χ0) is 21.6. The average molecular weight is 433 g/mol. The highest BCUT2D eigenvalue weighted by Crippen LogP contribution is 2.42. The van der Waals surface area contributed by atoms with Crippen molar-refractivity contribution in [1.29, 1.82) is 0 Å². The molecule has 156 valence electrons. The number of carbonyl (C=O) groups is 1. The standard InChI is InChI=1S/C21H19ClF2N4O2/c1-21(2,30-17-8-4-12(22)10-16(17)24)20-27-26-19(28(20)13-5-6-13)14-7-3-11(18(25)29)9-15(14)23/h3-4,7-10,13H,5-6H2,1-2H3,(H2,25,29). The number of amides is 1. The number of halogens is 3. The number of benzene rings is 2. The van der Waals surface area contributed by atoms with Crippen LogP contribution in [0.2, 0.25) is 5.02 Å². The smallest absolute Gasteiger partial charge is 0.248 e. The number of nitrogens with two attached hydrogens (primary N) is 1. The minimum atomic E-state index is -1.06. The van der Waals surface area contributed by atoms with Crippen molar-refractivity contribution in [3.63, 3.8) is 0 Å². The third-order valence-electron chi connectivity index (χ3n) is 4.90. The summed E-state index contributed by atoms with van der Waals surface area (Å²) in [4.78, 5) is 11.3. The topological polar surface area (TPSA) is 83.0 Å². The molecule has 0 saturated heterocycles. The van der Waals surface area contributed by atoms with Crippen LogP contribution in [0.25, 0.3) is 11.4 Å². The first kappa shape index (κ1) is 20.3. The number of nitrogens with zero attached hydrogens (tertiary/aromatic N) is 3. The Kier molecular flexibility index (Phi) is 4.97. The Bertz CT molecular complexity index is 1140. The molecule has 1 fully saturated rings. The molecule has 1 saturated carbocycles. The molecule has 1 aliphatic rings. The Labute approximate surface area is 176 Å². The molecule has 0 atom stereocenters. The summed E-state index contributed by atoms with van der Waals surface area (Å²) in [5, 5.41) is 8.70. The van der Waals surface area contributed by atoms with Gasteiger partial charge < -0.3 is 15.0 Å². The summed E-state index contributed by atoms with van der Waals surface area (Å²) >= 11 is 5.81. The van der Waals surface area contributed by atoms with Crippen molar-refractivity contribution in [1.82, 2.24) is 14.8 Å². The van der Waals surface area contributed by atoms with Gasteiger partial charge in [-0.15, -0.1) is 10.2 Å². The highest BCUT2D eigenvalue weighted by atomic mass is 35.5. The van der Waals surface area contributed by atoms with Crippen molar-refractivity contribution in [2.45, 2.75) is 38.3 Å². The second kappa shape index (κ2) is 7.36. The van der Waals surface area contributed by atoms with Crippen LogP contribution < -0.4 is 10.5 Å². The van der Waals surface area contributed by atoms with E-state index in [0.29, 0.717) is 11.6 Å². The van der Waals surface area contributed by atoms with E-state index in [4.69, 9.17) is 22.1 Å². The van der Waals surface area contributed by atoms with Crippen LogP contribution >= 0.6 is 11.6 Å². The van der Waals surface area contributed by atoms with Crippen molar-refractivity contribution in [2.75, 3.05) is 0 Å². The van der Waals surface area contributed by atoms with Gasteiger partial charge in [0.1, 0.15) is 5.82 Å². The summed E-state index contributed by atoms with van der Waals surface area (Å²) in [5.74, 6) is -1.17. The van der Waals surface area contributed by atoms with Gasteiger partial charge in [0, 0.05) is 16.6 Å². The van der Waals surface area contributed by atoms with Crippen LogP contribution in [0.4, 0.5) is 8.78 Å². The maximum atomic E-state index is 14.7. The van der Waals surface area contributed by atoms with E-state index in [0.717, 1.165) is 18.9 Å². The van der Waals surface area contributed by atoms with Gasteiger partial charge in [-0.25, -0.2) is 8.78 Å². The zero-order valence-corrected chi connectivity index (χ0v) is 17.1. The van der Waals surface area contributed by atoms with Crippen molar-refractivity contribution < 1.29 is 18.3 Å². The summed E-state index contributed by atoms with van der Waals surface area (Å²) < 4.78 is 36.7. The Balaban J connectivity index is 1.75. The van der Waals surface area contributed by atoms with Gasteiger partial charge in [0.05, 0.1) is 5.56 Å². The van der Waals surface area contributed by atoms with E-state index in [-0.39, 0.29) is 27.9 Å². The fraction of sp³-hybridized carbons (Fsp3) is 0.286. The summed E-state index contributed by atoms with van der Waals surface area (Å²) in [6.07, 6.45) is 1.76. The normalized spacial score (nSPS) is 14.0. The Morgan fingerprint density at radius 2 is 1.90 bits per heavy atom. The molecule has 0 unspecified atom stereocenters. The molecule has 0 aliphatic heterocycles. The van der Waals surface area contributed by atoms with Gasteiger partial charge in [-0.1, -0.05) is 11.6 Å². The molecule has 1 aliphatic carbocycles. The predicted octanol–water partition coefficient (Wildman–Crippen LogP) is 4.62. The maximum absolute atomic E-state index is 14.7. The minimum absolute atomic E-state index is 0.0216. The summed E-state index contributed by atoms with van der Waals surface area (Å²) in [6.45, 7) is 3.47. The van der Waals surface area contributed by atoms with E-state index in [2.05, 4.69) is 10.2 Å². The molecular weight excluding hydrogens is 414 g/mol. The molecule has 2 aromatic carbocycles. The molecule has 30 heavy (non-hydrogen) atoms. The molecule has 4 rings (SSSR count). The van der Waals surface area contributed by atoms with Crippen molar-refractivity contribution in [3.05, 3.63) is 64.4 Å². The van der Waals surface area contributed by atoms with Crippen molar-refractivity contribution in [2.24, 2.45) is 5.73 Å². The molecule has 2 N–H and O–H groups in total. The van der Waals surface area contributed by atoms with Crippen LogP contribution in [0.5, 0.6) is 5.75 Å². The lowest BCUT2D eigenvalue weighted by Crippen LogP contribution is -2.30. The highest BCUT2D eigenvalue weighted by molar-refractivity contribution is 6.30. The summed E-state index contributed by atoms with van der Waals surface area (Å²) in [5.41, 5.74) is 4.42. The Morgan fingerprint density at radius 1 is 1.17 bits per heavy atom. The van der Waals surface area contributed by atoms with E-state index < -0.39 is 23.1 Å². The van der Waals surface area contributed by atoms with Gasteiger partial charge in [0.25, 0.3) is 0 Å². The molecule has 1 amide bonds. The second-order valence-electron chi connectivity index (χ2n) is 7.69. The number of ether oxygens (including phenoxy) is 1. The van der Waals surface area contributed by atoms with Gasteiger partial charge in [-0.2, -0.15) is 0 Å². The van der Waals surface area contributed by atoms with Gasteiger partial charge >= 0.3 is 0 Å². The number of rotatable bonds is 6. The number of hydrogen-bond donors (Lipinski definition) is 1. The van der Waals surface area contributed by atoms with E-state index >= 15 is 0 Å². The highest BCUT2D eigenvalue weighted by Gasteiger charge is 2.38. The fourth-order valence-corrected chi connectivity index (χ4v) is 3.45. The monoisotopic (exact) mass is 432 g/mol. The first-order chi connectivity index (χ1) is 14.2. The molecule has 3 aromatic rings. The Morgan fingerprint density at radius 3 is 2.50 bits per heavy atom. The van der Waals surface area contributed by atoms with Gasteiger partial charge in [0.2, 0.25) is 5.91 Å². The van der Waals surface area contributed by atoms with Crippen LogP contribution in [0.15, 0.2) is 36.4 Å².